The van der Waals surface area contributed by atoms with Crippen LogP contribution in [0.1, 0.15) is 17.0 Å². The molecule has 0 atom stereocenters. The molecule has 1 heterocycles. The van der Waals surface area contributed by atoms with Gasteiger partial charge in [-0.15, -0.1) is 0 Å². The first-order valence-electron chi connectivity index (χ1n) is 7.19. The van der Waals surface area contributed by atoms with Crippen molar-refractivity contribution in [1.29, 1.82) is 0 Å². The first-order valence-corrected chi connectivity index (χ1v) is 7.57. The van der Waals surface area contributed by atoms with Crippen LogP contribution in [0.15, 0.2) is 65.7 Å². The maximum Gasteiger partial charge on any atom is 0.0629 e. The molecule has 2 nitrogen and oxygen atoms in total. The van der Waals surface area contributed by atoms with Gasteiger partial charge < -0.3 is 4.57 Å². The van der Waals surface area contributed by atoms with Gasteiger partial charge in [-0.3, -0.25) is 4.99 Å². The molecule has 0 bridgehead atoms. The van der Waals surface area contributed by atoms with Crippen molar-refractivity contribution in [3.8, 4) is 5.69 Å². The van der Waals surface area contributed by atoms with Gasteiger partial charge in [0.15, 0.2) is 0 Å². The van der Waals surface area contributed by atoms with Gasteiger partial charge in [0.1, 0.15) is 0 Å². The second-order valence-electron chi connectivity index (χ2n) is 5.23. The number of hydrogen-bond acceptors (Lipinski definition) is 1. The van der Waals surface area contributed by atoms with Crippen LogP contribution < -0.4 is 0 Å². The van der Waals surface area contributed by atoms with Gasteiger partial charge in [0, 0.05) is 33.9 Å². The zero-order chi connectivity index (χ0) is 15.5. The minimum Gasteiger partial charge on any atom is -0.318 e. The fraction of sp³-hybridized carbons (Fsp3) is 0.105. The summed E-state index contributed by atoms with van der Waals surface area (Å²) in [5, 5.41) is 0.747. The number of aliphatic imine (C=N–C) groups is 1. The van der Waals surface area contributed by atoms with Crippen LogP contribution in [0.4, 0.5) is 5.69 Å². The van der Waals surface area contributed by atoms with E-state index in [1.807, 2.05) is 60.8 Å². The Morgan fingerprint density at radius 2 is 1.64 bits per heavy atom. The van der Waals surface area contributed by atoms with Crippen molar-refractivity contribution in [2.24, 2.45) is 4.99 Å². The molecule has 0 N–H and O–H groups in total. The van der Waals surface area contributed by atoms with E-state index in [1.165, 1.54) is 11.4 Å². The molecule has 2 aromatic carbocycles. The molecule has 0 unspecified atom stereocenters. The predicted molar refractivity (Wildman–Crippen MR) is 93.9 cm³/mol. The average molecular weight is 309 g/mol. The molecular weight excluding hydrogens is 292 g/mol. The van der Waals surface area contributed by atoms with Crippen LogP contribution in [-0.2, 0) is 0 Å². The molecule has 3 heteroatoms. The molecule has 0 amide bonds. The Morgan fingerprint density at radius 1 is 0.955 bits per heavy atom. The van der Waals surface area contributed by atoms with Crippen molar-refractivity contribution >= 4 is 23.5 Å². The van der Waals surface area contributed by atoms with E-state index in [0.717, 1.165) is 22.0 Å². The summed E-state index contributed by atoms with van der Waals surface area (Å²) in [4.78, 5) is 4.54. The maximum absolute atomic E-state index is 5.97. The number of hydrogen-bond donors (Lipinski definition) is 0. The maximum atomic E-state index is 5.97. The number of halogens is 1. The summed E-state index contributed by atoms with van der Waals surface area (Å²) in [6.45, 7) is 4.20. The number of rotatable bonds is 3. The highest BCUT2D eigenvalue weighted by Gasteiger charge is 2.09. The topological polar surface area (TPSA) is 17.3 Å². The van der Waals surface area contributed by atoms with Crippen LogP contribution >= 0.6 is 11.6 Å². The Hall–Kier alpha value is -2.32. The van der Waals surface area contributed by atoms with Crippen LogP contribution in [0.2, 0.25) is 5.02 Å². The zero-order valence-corrected chi connectivity index (χ0v) is 13.4. The summed E-state index contributed by atoms with van der Waals surface area (Å²) < 4.78 is 2.21. The first kappa shape index (κ1) is 14.6. The molecule has 110 valence electrons. The smallest absolute Gasteiger partial charge is 0.0629 e. The zero-order valence-electron chi connectivity index (χ0n) is 12.6. The van der Waals surface area contributed by atoms with E-state index in [4.69, 9.17) is 11.6 Å². The third-order valence-corrected chi connectivity index (χ3v) is 3.92. The van der Waals surface area contributed by atoms with E-state index in [-0.39, 0.29) is 0 Å². The van der Waals surface area contributed by atoms with Gasteiger partial charge >= 0.3 is 0 Å². The Morgan fingerprint density at radius 3 is 2.32 bits per heavy atom. The molecule has 0 saturated heterocycles. The normalized spacial score (nSPS) is 11.2. The Labute approximate surface area is 135 Å². The molecule has 0 saturated carbocycles. The highest BCUT2D eigenvalue weighted by molar-refractivity contribution is 6.30. The van der Waals surface area contributed by atoms with E-state index in [0.29, 0.717) is 0 Å². The number of aromatic nitrogens is 1. The second kappa shape index (κ2) is 6.20. The van der Waals surface area contributed by atoms with Crippen molar-refractivity contribution < 1.29 is 0 Å². The Bertz CT molecular complexity index is 799. The quantitative estimate of drug-likeness (QED) is 0.569. The fourth-order valence-corrected chi connectivity index (χ4v) is 2.69. The van der Waals surface area contributed by atoms with Gasteiger partial charge in [0.25, 0.3) is 0 Å². The molecular formula is C19H17ClN2. The first-order chi connectivity index (χ1) is 10.6. The van der Waals surface area contributed by atoms with Crippen LogP contribution in [0.3, 0.4) is 0 Å². The predicted octanol–water partition coefficient (Wildman–Crippen LogP) is 5.50. The summed E-state index contributed by atoms with van der Waals surface area (Å²) >= 11 is 5.97. The lowest BCUT2D eigenvalue weighted by atomic mass is 10.2. The molecule has 0 radical (unpaired) electrons. The highest BCUT2D eigenvalue weighted by Crippen LogP contribution is 2.22. The van der Waals surface area contributed by atoms with E-state index in [1.54, 1.807) is 0 Å². The molecule has 0 spiro atoms. The number of para-hydroxylation sites is 1. The van der Waals surface area contributed by atoms with E-state index >= 15 is 0 Å². The molecule has 22 heavy (non-hydrogen) atoms. The van der Waals surface area contributed by atoms with Crippen molar-refractivity contribution in [2.45, 2.75) is 13.8 Å². The molecule has 0 fully saturated rings. The summed E-state index contributed by atoms with van der Waals surface area (Å²) in [6.07, 6.45) is 1.92. The highest BCUT2D eigenvalue weighted by atomic mass is 35.5. The summed E-state index contributed by atoms with van der Waals surface area (Å²) in [5.41, 5.74) is 5.53. The third kappa shape index (κ3) is 2.97. The van der Waals surface area contributed by atoms with Gasteiger partial charge in [-0.1, -0.05) is 29.8 Å². The van der Waals surface area contributed by atoms with E-state index in [9.17, 15) is 0 Å². The van der Waals surface area contributed by atoms with Gasteiger partial charge in [0.2, 0.25) is 0 Å². The number of nitrogens with zero attached hydrogens (tertiary/aromatic N) is 2. The largest absolute Gasteiger partial charge is 0.318 e. The molecule has 0 aliphatic heterocycles. The molecule has 3 aromatic rings. The summed E-state index contributed by atoms with van der Waals surface area (Å²) in [5.74, 6) is 0. The van der Waals surface area contributed by atoms with Crippen LogP contribution in [0.5, 0.6) is 0 Å². The summed E-state index contributed by atoms with van der Waals surface area (Å²) in [7, 11) is 0. The average Bonchev–Trinajstić information content (AvgIpc) is 2.82. The van der Waals surface area contributed by atoms with Gasteiger partial charge in [-0.2, -0.15) is 0 Å². The van der Waals surface area contributed by atoms with E-state index < -0.39 is 0 Å². The van der Waals surface area contributed by atoms with Gasteiger partial charge in [-0.25, -0.2) is 0 Å². The Kier molecular flexibility index (Phi) is 4.12. The standard InChI is InChI=1S/C19H17ClN2/c1-14-12-16(13-21-18-6-4-3-5-7-18)15(2)22(14)19-10-8-17(20)9-11-19/h3-13H,1-2H3. The van der Waals surface area contributed by atoms with Gasteiger partial charge in [-0.05, 0) is 56.3 Å². The minimum atomic E-state index is 0.747. The number of benzene rings is 2. The lowest BCUT2D eigenvalue weighted by molar-refractivity contribution is 0.965. The van der Waals surface area contributed by atoms with Crippen molar-refractivity contribution in [1.82, 2.24) is 4.57 Å². The molecule has 1 aromatic heterocycles. The lowest BCUT2D eigenvalue weighted by Gasteiger charge is -2.09. The fourth-order valence-electron chi connectivity index (χ4n) is 2.56. The molecule has 3 rings (SSSR count). The Balaban J connectivity index is 1.97. The van der Waals surface area contributed by atoms with Gasteiger partial charge in [0.05, 0.1) is 5.69 Å². The van der Waals surface area contributed by atoms with Crippen LogP contribution in [0, 0.1) is 13.8 Å². The third-order valence-electron chi connectivity index (χ3n) is 3.66. The van der Waals surface area contributed by atoms with E-state index in [2.05, 4.69) is 29.5 Å². The minimum absolute atomic E-state index is 0.747. The number of aryl methyl sites for hydroxylation is 1. The van der Waals surface area contributed by atoms with Crippen molar-refractivity contribution in [3.05, 3.63) is 82.6 Å². The SMILES string of the molecule is Cc1cc(C=Nc2ccccc2)c(C)n1-c1ccc(Cl)cc1. The molecule has 0 aliphatic rings. The van der Waals surface area contributed by atoms with Crippen LogP contribution in [0.25, 0.3) is 5.69 Å². The monoisotopic (exact) mass is 308 g/mol. The van der Waals surface area contributed by atoms with Crippen molar-refractivity contribution in [2.75, 3.05) is 0 Å². The lowest BCUT2D eigenvalue weighted by Crippen LogP contribution is -1.99. The second-order valence-corrected chi connectivity index (χ2v) is 5.67. The molecule has 0 aliphatic carbocycles. The summed E-state index contributed by atoms with van der Waals surface area (Å²) in [6, 6.07) is 20.0. The van der Waals surface area contributed by atoms with Crippen molar-refractivity contribution in [3.63, 3.8) is 0 Å². The van der Waals surface area contributed by atoms with Crippen LogP contribution in [-0.4, -0.2) is 10.8 Å².